The SMILES string of the molecule is Cc1ccc(CC(C)(O)CC2CCC2)cc1C. The third-order valence-electron chi connectivity index (χ3n) is 4.11. The van der Waals surface area contributed by atoms with Gasteiger partial charge in [0.25, 0.3) is 0 Å². The molecule has 0 spiro atoms. The highest BCUT2D eigenvalue weighted by molar-refractivity contribution is 5.30. The highest BCUT2D eigenvalue weighted by atomic mass is 16.3. The van der Waals surface area contributed by atoms with E-state index in [1.165, 1.54) is 36.0 Å². The molecule has 0 heterocycles. The average Bonchev–Trinajstić information content (AvgIpc) is 2.18. The van der Waals surface area contributed by atoms with Gasteiger partial charge in [0.2, 0.25) is 0 Å². The Kier molecular flexibility index (Phi) is 3.58. The predicted octanol–water partition coefficient (Wildman–Crippen LogP) is 3.79. The van der Waals surface area contributed by atoms with E-state index in [-0.39, 0.29) is 0 Å². The van der Waals surface area contributed by atoms with Crippen LogP contribution in [0.25, 0.3) is 0 Å². The van der Waals surface area contributed by atoms with Gasteiger partial charge in [-0.3, -0.25) is 0 Å². The Morgan fingerprint density at radius 1 is 1.24 bits per heavy atom. The first-order valence-corrected chi connectivity index (χ1v) is 6.75. The Morgan fingerprint density at radius 3 is 2.47 bits per heavy atom. The van der Waals surface area contributed by atoms with E-state index in [1.807, 2.05) is 6.92 Å². The molecule has 17 heavy (non-hydrogen) atoms. The summed E-state index contributed by atoms with van der Waals surface area (Å²) in [6, 6.07) is 6.52. The van der Waals surface area contributed by atoms with Gasteiger partial charge in [0.05, 0.1) is 5.60 Å². The summed E-state index contributed by atoms with van der Waals surface area (Å²) in [6.45, 7) is 6.26. The molecule has 1 atom stereocenters. The highest BCUT2D eigenvalue weighted by Gasteiger charge is 2.29. The van der Waals surface area contributed by atoms with Crippen molar-refractivity contribution >= 4 is 0 Å². The lowest BCUT2D eigenvalue weighted by Gasteiger charge is -2.33. The predicted molar refractivity (Wildman–Crippen MR) is 72.2 cm³/mol. The van der Waals surface area contributed by atoms with E-state index in [0.29, 0.717) is 0 Å². The van der Waals surface area contributed by atoms with Crippen LogP contribution in [0, 0.1) is 19.8 Å². The van der Waals surface area contributed by atoms with Crippen molar-refractivity contribution in [3.8, 4) is 0 Å². The van der Waals surface area contributed by atoms with Crippen LogP contribution in [0.3, 0.4) is 0 Å². The Labute approximate surface area is 105 Å². The largest absolute Gasteiger partial charge is 0.390 e. The molecule has 0 radical (unpaired) electrons. The van der Waals surface area contributed by atoms with Crippen molar-refractivity contribution < 1.29 is 5.11 Å². The van der Waals surface area contributed by atoms with Gasteiger partial charge in [0.1, 0.15) is 0 Å². The second kappa shape index (κ2) is 4.81. The van der Waals surface area contributed by atoms with Gasteiger partial charge < -0.3 is 5.11 Å². The lowest BCUT2D eigenvalue weighted by atomic mass is 9.76. The lowest BCUT2D eigenvalue weighted by Crippen LogP contribution is -2.32. The topological polar surface area (TPSA) is 20.2 Å². The minimum absolute atomic E-state index is 0.535. The molecular formula is C16H24O. The zero-order chi connectivity index (χ0) is 12.5. The van der Waals surface area contributed by atoms with Crippen molar-refractivity contribution in [2.75, 3.05) is 0 Å². The molecule has 0 aliphatic heterocycles. The van der Waals surface area contributed by atoms with E-state index in [4.69, 9.17) is 0 Å². The molecule has 1 fully saturated rings. The quantitative estimate of drug-likeness (QED) is 0.837. The van der Waals surface area contributed by atoms with Crippen molar-refractivity contribution in [1.82, 2.24) is 0 Å². The first kappa shape index (κ1) is 12.6. The minimum Gasteiger partial charge on any atom is -0.390 e. The zero-order valence-electron chi connectivity index (χ0n) is 11.3. The maximum Gasteiger partial charge on any atom is 0.0662 e. The van der Waals surface area contributed by atoms with Gasteiger partial charge in [0.15, 0.2) is 0 Å². The lowest BCUT2D eigenvalue weighted by molar-refractivity contribution is 0.0204. The van der Waals surface area contributed by atoms with Crippen molar-refractivity contribution in [2.45, 2.75) is 58.5 Å². The van der Waals surface area contributed by atoms with Crippen molar-refractivity contribution in [1.29, 1.82) is 0 Å². The molecule has 1 aliphatic rings. The number of rotatable bonds is 4. The smallest absolute Gasteiger partial charge is 0.0662 e. The summed E-state index contributed by atoms with van der Waals surface area (Å²) in [5.41, 5.74) is 3.37. The van der Waals surface area contributed by atoms with Crippen LogP contribution >= 0.6 is 0 Å². The number of aliphatic hydroxyl groups is 1. The van der Waals surface area contributed by atoms with E-state index in [1.54, 1.807) is 0 Å². The van der Waals surface area contributed by atoms with Crippen LogP contribution in [0.2, 0.25) is 0 Å². The molecule has 1 aromatic rings. The fourth-order valence-electron chi connectivity index (χ4n) is 2.74. The molecule has 0 amide bonds. The van der Waals surface area contributed by atoms with E-state index >= 15 is 0 Å². The first-order valence-electron chi connectivity index (χ1n) is 6.75. The first-order chi connectivity index (χ1) is 7.96. The van der Waals surface area contributed by atoms with E-state index in [9.17, 15) is 5.11 Å². The highest BCUT2D eigenvalue weighted by Crippen LogP contribution is 2.34. The fraction of sp³-hybridized carbons (Fsp3) is 0.625. The van der Waals surface area contributed by atoms with Crippen molar-refractivity contribution in [3.63, 3.8) is 0 Å². The molecule has 1 aromatic carbocycles. The summed E-state index contributed by atoms with van der Waals surface area (Å²) < 4.78 is 0. The summed E-state index contributed by atoms with van der Waals surface area (Å²) in [7, 11) is 0. The summed E-state index contributed by atoms with van der Waals surface area (Å²) >= 11 is 0. The van der Waals surface area contributed by atoms with Gasteiger partial charge in [0, 0.05) is 6.42 Å². The van der Waals surface area contributed by atoms with Crippen LogP contribution < -0.4 is 0 Å². The third-order valence-corrected chi connectivity index (χ3v) is 4.11. The molecule has 1 saturated carbocycles. The maximum absolute atomic E-state index is 10.5. The van der Waals surface area contributed by atoms with Crippen LogP contribution in [0.1, 0.15) is 49.3 Å². The van der Waals surface area contributed by atoms with Gasteiger partial charge in [-0.2, -0.15) is 0 Å². The standard InChI is InChI=1S/C16H24O/c1-12-7-8-15(9-13(12)2)11-16(3,17)10-14-5-4-6-14/h7-9,14,17H,4-6,10-11H2,1-3H3. The average molecular weight is 232 g/mol. The number of hydrogen-bond acceptors (Lipinski definition) is 1. The molecule has 1 aliphatic carbocycles. The molecule has 0 aromatic heterocycles. The van der Waals surface area contributed by atoms with Crippen molar-refractivity contribution in [3.05, 3.63) is 34.9 Å². The van der Waals surface area contributed by atoms with E-state index < -0.39 is 5.60 Å². The maximum atomic E-state index is 10.5. The molecule has 0 bridgehead atoms. The summed E-state index contributed by atoms with van der Waals surface area (Å²) in [5, 5.41) is 10.5. The Balaban J connectivity index is 2.00. The minimum atomic E-state index is -0.535. The van der Waals surface area contributed by atoms with Gasteiger partial charge in [-0.25, -0.2) is 0 Å². The van der Waals surface area contributed by atoms with Gasteiger partial charge in [-0.1, -0.05) is 37.5 Å². The van der Waals surface area contributed by atoms with E-state index in [2.05, 4.69) is 32.0 Å². The van der Waals surface area contributed by atoms with Gasteiger partial charge >= 0.3 is 0 Å². The fourth-order valence-corrected chi connectivity index (χ4v) is 2.74. The number of benzene rings is 1. The second-order valence-corrected chi connectivity index (χ2v) is 6.09. The summed E-state index contributed by atoms with van der Waals surface area (Å²) in [6.07, 6.45) is 5.71. The van der Waals surface area contributed by atoms with E-state index in [0.717, 1.165) is 18.8 Å². The molecule has 1 heteroatoms. The number of aryl methyl sites for hydroxylation is 2. The Bertz CT molecular complexity index is 389. The molecule has 2 rings (SSSR count). The van der Waals surface area contributed by atoms with Crippen LogP contribution in [0.4, 0.5) is 0 Å². The molecule has 1 N–H and O–H groups in total. The molecule has 1 nitrogen and oxygen atoms in total. The molecule has 0 saturated heterocycles. The van der Waals surface area contributed by atoms with Crippen molar-refractivity contribution in [2.24, 2.45) is 5.92 Å². The third kappa shape index (κ3) is 3.32. The monoisotopic (exact) mass is 232 g/mol. The second-order valence-electron chi connectivity index (χ2n) is 6.09. The van der Waals surface area contributed by atoms with Crippen LogP contribution in [0.15, 0.2) is 18.2 Å². The normalized spacial score (nSPS) is 19.8. The van der Waals surface area contributed by atoms with Gasteiger partial charge in [-0.15, -0.1) is 0 Å². The molecule has 1 unspecified atom stereocenters. The van der Waals surface area contributed by atoms with Crippen LogP contribution in [-0.4, -0.2) is 10.7 Å². The Hall–Kier alpha value is -0.820. The number of hydrogen-bond donors (Lipinski definition) is 1. The Morgan fingerprint density at radius 2 is 1.94 bits per heavy atom. The van der Waals surface area contributed by atoms with Gasteiger partial charge in [-0.05, 0) is 49.8 Å². The zero-order valence-corrected chi connectivity index (χ0v) is 11.3. The summed E-state index contributed by atoms with van der Waals surface area (Å²) in [4.78, 5) is 0. The van der Waals surface area contributed by atoms with Crippen LogP contribution in [-0.2, 0) is 6.42 Å². The molecule has 94 valence electrons. The molecular weight excluding hydrogens is 208 g/mol. The summed E-state index contributed by atoms with van der Waals surface area (Å²) in [5.74, 6) is 0.761. The van der Waals surface area contributed by atoms with Crippen LogP contribution in [0.5, 0.6) is 0 Å².